The zero-order chi connectivity index (χ0) is 13.0. The fourth-order valence-electron chi connectivity index (χ4n) is 2.56. The average molecular weight is 312 g/mol. The minimum Gasteiger partial charge on any atom is -0.490 e. The Kier molecular flexibility index (Phi) is 5.07. The van der Waals surface area contributed by atoms with Gasteiger partial charge in [-0.2, -0.15) is 0 Å². The molecule has 1 aliphatic heterocycles. The zero-order valence-corrected chi connectivity index (χ0v) is 12.8. The van der Waals surface area contributed by atoms with E-state index in [0.29, 0.717) is 12.1 Å². The van der Waals surface area contributed by atoms with E-state index in [2.05, 4.69) is 53.3 Å². The second-order valence-electron chi connectivity index (χ2n) is 4.91. The molecule has 0 saturated carbocycles. The summed E-state index contributed by atoms with van der Waals surface area (Å²) in [4.78, 5) is 0. The van der Waals surface area contributed by atoms with Gasteiger partial charge in [-0.25, -0.2) is 0 Å². The minimum atomic E-state index is 0.364. The van der Waals surface area contributed by atoms with Gasteiger partial charge in [-0.1, -0.05) is 42.6 Å². The summed E-state index contributed by atoms with van der Waals surface area (Å²) in [6.45, 7) is 5.39. The summed E-state index contributed by atoms with van der Waals surface area (Å²) in [5.74, 6) is 1.05. The van der Waals surface area contributed by atoms with E-state index in [9.17, 15) is 0 Å². The fraction of sp³-hybridized carbons (Fsp3) is 0.600. The standard InChI is InChI=1S/C15H22BrNO/c1-3-5-6-12-10-14(17-4-2)13-9-11(16)7-8-15(13)18-12/h7-9,12,14,17H,3-6,10H2,1-2H3. The smallest absolute Gasteiger partial charge is 0.124 e. The summed E-state index contributed by atoms with van der Waals surface area (Å²) in [5.41, 5.74) is 1.29. The molecule has 100 valence electrons. The van der Waals surface area contributed by atoms with Gasteiger partial charge in [-0.05, 0) is 31.2 Å². The average Bonchev–Trinajstić information content (AvgIpc) is 2.37. The number of benzene rings is 1. The molecule has 0 aliphatic carbocycles. The number of rotatable bonds is 5. The first-order valence-corrected chi connectivity index (χ1v) is 7.73. The lowest BCUT2D eigenvalue weighted by molar-refractivity contribution is 0.139. The van der Waals surface area contributed by atoms with Crippen molar-refractivity contribution in [2.24, 2.45) is 0 Å². The largest absolute Gasteiger partial charge is 0.490 e. The molecule has 1 aromatic rings. The first-order chi connectivity index (χ1) is 8.74. The summed E-state index contributed by atoms with van der Waals surface area (Å²) in [7, 11) is 0. The molecule has 0 saturated heterocycles. The van der Waals surface area contributed by atoms with Gasteiger partial charge in [0.1, 0.15) is 11.9 Å². The van der Waals surface area contributed by atoms with Crippen LogP contribution in [0.1, 0.15) is 51.1 Å². The Morgan fingerprint density at radius 2 is 2.22 bits per heavy atom. The van der Waals surface area contributed by atoms with Crippen LogP contribution in [0.4, 0.5) is 0 Å². The van der Waals surface area contributed by atoms with Gasteiger partial charge in [0.2, 0.25) is 0 Å². The number of nitrogens with one attached hydrogen (secondary N) is 1. The summed E-state index contributed by atoms with van der Waals surface area (Å²) in [6.07, 6.45) is 5.09. The van der Waals surface area contributed by atoms with Crippen LogP contribution in [0.25, 0.3) is 0 Å². The maximum atomic E-state index is 6.10. The number of fused-ring (bicyclic) bond motifs is 1. The first kappa shape index (κ1) is 13.9. The van der Waals surface area contributed by atoms with Crippen molar-refractivity contribution < 1.29 is 4.74 Å². The molecule has 1 heterocycles. The number of halogens is 1. The predicted octanol–water partition coefficient (Wildman–Crippen LogP) is 4.44. The highest BCUT2D eigenvalue weighted by Crippen LogP contribution is 2.37. The Hall–Kier alpha value is -0.540. The fourth-order valence-corrected chi connectivity index (χ4v) is 2.94. The molecule has 0 bridgehead atoms. The maximum Gasteiger partial charge on any atom is 0.124 e. The van der Waals surface area contributed by atoms with Crippen LogP contribution in [0.3, 0.4) is 0 Å². The molecule has 1 aromatic carbocycles. The molecular formula is C15H22BrNO. The van der Waals surface area contributed by atoms with Crippen LogP contribution in [-0.2, 0) is 0 Å². The summed E-state index contributed by atoms with van der Waals surface area (Å²) >= 11 is 3.54. The van der Waals surface area contributed by atoms with Crippen molar-refractivity contribution in [1.29, 1.82) is 0 Å². The lowest BCUT2D eigenvalue weighted by atomic mass is 9.94. The molecule has 0 aromatic heterocycles. The van der Waals surface area contributed by atoms with E-state index < -0.39 is 0 Å². The Balaban J connectivity index is 2.17. The Labute approximate surface area is 118 Å². The van der Waals surface area contributed by atoms with Crippen LogP contribution < -0.4 is 10.1 Å². The number of hydrogen-bond donors (Lipinski definition) is 1. The van der Waals surface area contributed by atoms with Crippen LogP contribution >= 0.6 is 15.9 Å². The van der Waals surface area contributed by atoms with E-state index in [1.165, 1.54) is 18.4 Å². The summed E-state index contributed by atoms with van der Waals surface area (Å²) in [6, 6.07) is 6.75. The van der Waals surface area contributed by atoms with Gasteiger partial charge >= 0.3 is 0 Å². The van der Waals surface area contributed by atoms with Crippen molar-refractivity contribution in [3.05, 3.63) is 28.2 Å². The van der Waals surface area contributed by atoms with Crippen LogP contribution in [-0.4, -0.2) is 12.6 Å². The second kappa shape index (κ2) is 6.58. The molecule has 0 amide bonds. The van der Waals surface area contributed by atoms with Crippen molar-refractivity contribution in [3.63, 3.8) is 0 Å². The van der Waals surface area contributed by atoms with E-state index in [1.54, 1.807) is 0 Å². The second-order valence-corrected chi connectivity index (χ2v) is 5.83. The molecule has 0 radical (unpaired) electrons. The Bertz CT molecular complexity index is 394. The molecule has 1 N–H and O–H groups in total. The van der Waals surface area contributed by atoms with Gasteiger partial charge < -0.3 is 10.1 Å². The highest BCUT2D eigenvalue weighted by Gasteiger charge is 2.27. The van der Waals surface area contributed by atoms with Gasteiger partial charge in [0.05, 0.1) is 0 Å². The summed E-state index contributed by atoms with van der Waals surface area (Å²) < 4.78 is 7.23. The Morgan fingerprint density at radius 3 is 2.94 bits per heavy atom. The third kappa shape index (κ3) is 3.27. The molecule has 1 aliphatic rings. The highest BCUT2D eigenvalue weighted by atomic mass is 79.9. The lowest BCUT2D eigenvalue weighted by Gasteiger charge is -2.33. The Morgan fingerprint density at radius 1 is 1.39 bits per heavy atom. The molecule has 0 spiro atoms. The molecule has 3 heteroatoms. The topological polar surface area (TPSA) is 21.3 Å². The van der Waals surface area contributed by atoms with Crippen LogP contribution in [0, 0.1) is 0 Å². The minimum absolute atomic E-state index is 0.364. The van der Waals surface area contributed by atoms with E-state index in [1.807, 2.05) is 0 Å². The van der Waals surface area contributed by atoms with Gasteiger partial charge in [-0.3, -0.25) is 0 Å². The molecule has 2 unspecified atom stereocenters. The molecule has 2 rings (SSSR count). The number of unbranched alkanes of at least 4 members (excludes halogenated alkanes) is 1. The van der Waals surface area contributed by atoms with Crippen molar-refractivity contribution in [3.8, 4) is 5.75 Å². The van der Waals surface area contributed by atoms with Gasteiger partial charge in [0, 0.05) is 22.5 Å². The number of ether oxygens (including phenoxy) is 1. The third-order valence-electron chi connectivity index (χ3n) is 3.47. The number of hydrogen-bond acceptors (Lipinski definition) is 2. The third-order valence-corrected chi connectivity index (χ3v) is 3.96. The van der Waals surface area contributed by atoms with Crippen LogP contribution in [0.5, 0.6) is 5.75 Å². The van der Waals surface area contributed by atoms with Crippen molar-refractivity contribution in [2.45, 2.75) is 51.7 Å². The van der Waals surface area contributed by atoms with E-state index in [-0.39, 0.29) is 0 Å². The van der Waals surface area contributed by atoms with Gasteiger partial charge in [0.25, 0.3) is 0 Å². The van der Waals surface area contributed by atoms with Gasteiger partial charge in [-0.15, -0.1) is 0 Å². The van der Waals surface area contributed by atoms with Crippen molar-refractivity contribution >= 4 is 15.9 Å². The van der Waals surface area contributed by atoms with Crippen LogP contribution in [0.15, 0.2) is 22.7 Å². The molecule has 2 nitrogen and oxygen atoms in total. The molecule has 2 atom stereocenters. The predicted molar refractivity (Wildman–Crippen MR) is 79.1 cm³/mol. The van der Waals surface area contributed by atoms with Crippen LogP contribution in [0.2, 0.25) is 0 Å². The van der Waals surface area contributed by atoms with Gasteiger partial charge in [0.15, 0.2) is 0 Å². The molecule has 0 fully saturated rings. The maximum absolute atomic E-state index is 6.10. The van der Waals surface area contributed by atoms with Crippen molar-refractivity contribution in [1.82, 2.24) is 5.32 Å². The van der Waals surface area contributed by atoms with E-state index in [4.69, 9.17) is 4.74 Å². The normalized spacial score (nSPS) is 22.4. The quantitative estimate of drug-likeness (QED) is 0.868. The van der Waals surface area contributed by atoms with Crippen molar-refractivity contribution in [2.75, 3.05) is 6.54 Å². The highest BCUT2D eigenvalue weighted by molar-refractivity contribution is 9.10. The summed E-state index contributed by atoms with van der Waals surface area (Å²) in [5, 5.41) is 3.57. The SMILES string of the molecule is CCCCC1CC(NCC)c2cc(Br)ccc2O1. The molecule has 18 heavy (non-hydrogen) atoms. The van der Waals surface area contributed by atoms with E-state index >= 15 is 0 Å². The molecular weight excluding hydrogens is 290 g/mol. The monoisotopic (exact) mass is 311 g/mol. The lowest BCUT2D eigenvalue weighted by Crippen LogP contribution is -2.33. The van der Waals surface area contributed by atoms with E-state index in [0.717, 1.165) is 29.6 Å². The zero-order valence-electron chi connectivity index (χ0n) is 11.2. The first-order valence-electron chi connectivity index (χ1n) is 6.94.